The van der Waals surface area contributed by atoms with E-state index in [2.05, 4.69) is 24.1 Å². The highest BCUT2D eigenvalue weighted by molar-refractivity contribution is 5.82. The number of nitrogens with zero attached hydrogens (tertiary/aromatic N) is 1. The Morgan fingerprint density at radius 2 is 2.00 bits per heavy atom. The molecular formula is C17H29N3O. The highest BCUT2D eigenvalue weighted by atomic mass is 16.2. The maximum atomic E-state index is 12.4. The lowest BCUT2D eigenvalue weighted by Crippen LogP contribution is -2.51. The Bertz CT molecular complexity index is 485. The second-order valence-corrected chi connectivity index (χ2v) is 6.41. The van der Waals surface area contributed by atoms with Crippen molar-refractivity contribution in [3.63, 3.8) is 0 Å². The van der Waals surface area contributed by atoms with Crippen molar-refractivity contribution in [3.05, 3.63) is 29.8 Å². The molecule has 0 spiro atoms. The van der Waals surface area contributed by atoms with Crippen LogP contribution in [0.2, 0.25) is 0 Å². The van der Waals surface area contributed by atoms with E-state index in [1.807, 2.05) is 52.1 Å². The number of amides is 1. The number of nitrogen functional groups attached to an aromatic ring is 1. The molecule has 0 aromatic heterocycles. The molecule has 0 radical (unpaired) electrons. The van der Waals surface area contributed by atoms with Crippen LogP contribution in [0.25, 0.3) is 0 Å². The molecule has 1 amide bonds. The van der Waals surface area contributed by atoms with Crippen LogP contribution in [0, 0.1) is 0 Å². The summed E-state index contributed by atoms with van der Waals surface area (Å²) < 4.78 is 0. The molecule has 3 N–H and O–H groups in total. The number of hydrogen-bond acceptors (Lipinski definition) is 3. The summed E-state index contributed by atoms with van der Waals surface area (Å²) in [6.07, 6.45) is 0.903. The molecule has 0 saturated heterocycles. The largest absolute Gasteiger partial charge is 0.399 e. The van der Waals surface area contributed by atoms with Crippen LogP contribution in [0.3, 0.4) is 0 Å². The average molecular weight is 291 g/mol. The number of benzene rings is 1. The zero-order valence-corrected chi connectivity index (χ0v) is 14.1. The summed E-state index contributed by atoms with van der Waals surface area (Å²) in [5, 5.41) is 3.10. The number of hydrogen-bond donors (Lipinski definition) is 2. The maximum Gasteiger partial charge on any atom is 0.237 e. The highest BCUT2D eigenvalue weighted by Gasteiger charge is 2.27. The SMILES string of the molecule is CCC(C)(C)NC(=O)C(C)N(C)C(C)c1cccc(N)c1. The van der Waals surface area contributed by atoms with Gasteiger partial charge in [0.25, 0.3) is 0 Å². The average Bonchev–Trinajstić information content (AvgIpc) is 2.44. The molecule has 0 aliphatic heterocycles. The second kappa shape index (κ2) is 6.94. The first-order valence-corrected chi connectivity index (χ1v) is 7.57. The van der Waals surface area contributed by atoms with Crippen LogP contribution in [0.5, 0.6) is 0 Å². The molecular weight excluding hydrogens is 262 g/mol. The number of carbonyl (C=O) groups is 1. The van der Waals surface area contributed by atoms with Gasteiger partial charge in [0.15, 0.2) is 0 Å². The summed E-state index contributed by atoms with van der Waals surface area (Å²) in [5.41, 5.74) is 7.53. The van der Waals surface area contributed by atoms with Gasteiger partial charge in [0.1, 0.15) is 0 Å². The fourth-order valence-corrected chi connectivity index (χ4v) is 2.10. The van der Waals surface area contributed by atoms with E-state index in [4.69, 9.17) is 5.73 Å². The van der Waals surface area contributed by atoms with Crippen molar-refractivity contribution in [1.82, 2.24) is 10.2 Å². The third kappa shape index (κ3) is 4.74. The number of nitrogens with one attached hydrogen (secondary N) is 1. The Morgan fingerprint density at radius 1 is 1.38 bits per heavy atom. The molecule has 0 bridgehead atoms. The van der Waals surface area contributed by atoms with E-state index in [1.165, 1.54) is 0 Å². The van der Waals surface area contributed by atoms with Crippen LogP contribution in [0.4, 0.5) is 5.69 Å². The molecule has 0 aliphatic rings. The molecule has 118 valence electrons. The van der Waals surface area contributed by atoms with E-state index in [0.29, 0.717) is 0 Å². The Labute approximate surface area is 128 Å². The van der Waals surface area contributed by atoms with Gasteiger partial charge in [-0.1, -0.05) is 19.1 Å². The fraction of sp³-hybridized carbons (Fsp3) is 0.588. The Morgan fingerprint density at radius 3 is 2.52 bits per heavy atom. The number of anilines is 1. The minimum atomic E-state index is -0.202. The van der Waals surface area contributed by atoms with E-state index >= 15 is 0 Å². The van der Waals surface area contributed by atoms with Crippen LogP contribution >= 0.6 is 0 Å². The molecule has 1 aromatic carbocycles. The number of carbonyl (C=O) groups excluding carboxylic acids is 1. The van der Waals surface area contributed by atoms with Crippen molar-refractivity contribution in [3.8, 4) is 0 Å². The predicted molar refractivity (Wildman–Crippen MR) is 89.0 cm³/mol. The van der Waals surface area contributed by atoms with Gasteiger partial charge in [0, 0.05) is 17.3 Å². The summed E-state index contributed by atoms with van der Waals surface area (Å²) in [5.74, 6) is 0.0557. The quantitative estimate of drug-likeness (QED) is 0.792. The fourth-order valence-electron chi connectivity index (χ4n) is 2.10. The molecule has 1 rings (SSSR count). The van der Waals surface area contributed by atoms with Crippen molar-refractivity contribution in [1.29, 1.82) is 0 Å². The summed E-state index contributed by atoms with van der Waals surface area (Å²) in [7, 11) is 1.97. The summed E-state index contributed by atoms with van der Waals surface area (Å²) in [6.45, 7) is 10.2. The maximum absolute atomic E-state index is 12.4. The van der Waals surface area contributed by atoms with E-state index in [0.717, 1.165) is 17.7 Å². The zero-order chi connectivity index (χ0) is 16.2. The van der Waals surface area contributed by atoms with Crippen molar-refractivity contribution >= 4 is 11.6 Å². The molecule has 4 heteroatoms. The number of likely N-dealkylation sites (N-methyl/N-ethyl adjacent to an activating group) is 1. The lowest BCUT2D eigenvalue weighted by Gasteiger charge is -2.33. The summed E-state index contributed by atoms with van der Waals surface area (Å²) >= 11 is 0. The molecule has 0 fully saturated rings. The van der Waals surface area contributed by atoms with Gasteiger partial charge >= 0.3 is 0 Å². The van der Waals surface area contributed by atoms with Gasteiger partial charge in [-0.3, -0.25) is 9.69 Å². The molecule has 1 aromatic rings. The number of rotatable bonds is 6. The van der Waals surface area contributed by atoms with E-state index < -0.39 is 0 Å². The Kier molecular flexibility index (Phi) is 5.78. The third-order valence-electron chi connectivity index (χ3n) is 4.34. The first-order chi connectivity index (χ1) is 9.68. The lowest BCUT2D eigenvalue weighted by atomic mass is 10.0. The molecule has 4 nitrogen and oxygen atoms in total. The van der Waals surface area contributed by atoms with E-state index in [-0.39, 0.29) is 23.5 Å². The first-order valence-electron chi connectivity index (χ1n) is 7.57. The van der Waals surface area contributed by atoms with Gasteiger partial charge in [0.2, 0.25) is 5.91 Å². The molecule has 2 atom stereocenters. The monoisotopic (exact) mass is 291 g/mol. The standard InChI is InChI=1S/C17H29N3O/c1-7-17(4,5)19-16(21)13(3)20(6)12(2)14-9-8-10-15(18)11-14/h8-13H,7,18H2,1-6H3,(H,19,21). The Balaban J connectivity index is 2.77. The van der Waals surface area contributed by atoms with Crippen molar-refractivity contribution in [2.75, 3.05) is 12.8 Å². The van der Waals surface area contributed by atoms with Gasteiger partial charge < -0.3 is 11.1 Å². The van der Waals surface area contributed by atoms with Crippen molar-refractivity contribution in [2.45, 2.75) is 58.7 Å². The van der Waals surface area contributed by atoms with Crippen LogP contribution in [-0.2, 0) is 4.79 Å². The first kappa shape index (κ1) is 17.5. The predicted octanol–water partition coefficient (Wildman–Crippen LogP) is 2.95. The molecule has 0 heterocycles. The van der Waals surface area contributed by atoms with Gasteiger partial charge in [-0.15, -0.1) is 0 Å². The molecule has 0 aliphatic carbocycles. The molecule has 0 saturated carbocycles. The normalized spacial score (nSPS) is 14.8. The summed E-state index contributed by atoms with van der Waals surface area (Å²) in [6, 6.07) is 7.74. The van der Waals surface area contributed by atoms with Gasteiger partial charge in [-0.25, -0.2) is 0 Å². The lowest BCUT2D eigenvalue weighted by molar-refractivity contribution is -0.127. The van der Waals surface area contributed by atoms with E-state index in [1.54, 1.807) is 0 Å². The van der Waals surface area contributed by atoms with Crippen LogP contribution < -0.4 is 11.1 Å². The van der Waals surface area contributed by atoms with Crippen LogP contribution in [0.15, 0.2) is 24.3 Å². The van der Waals surface area contributed by atoms with Crippen molar-refractivity contribution < 1.29 is 4.79 Å². The molecule has 2 unspecified atom stereocenters. The number of nitrogens with two attached hydrogens (primary N) is 1. The smallest absolute Gasteiger partial charge is 0.237 e. The van der Waals surface area contributed by atoms with E-state index in [9.17, 15) is 4.79 Å². The van der Waals surface area contributed by atoms with Gasteiger partial charge in [-0.05, 0) is 58.9 Å². The second-order valence-electron chi connectivity index (χ2n) is 6.41. The minimum Gasteiger partial charge on any atom is -0.399 e. The van der Waals surface area contributed by atoms with Gasteiger partial charge in [-0.2, -0.15) is 0 Å². The third-order valence-corrected chi connectivity index (χ3v) is 4.34. The van der Waals surface area contributed by atoms with Crippen molar-refractivity contribution in [2.24, 2.45) is 0 Å². The summed E-state index contributed by atoms with van der Waals surface area (Å²) in [4.78, 5) is 14.4. The molecule has 21 heavy (non-hydrogen) atoms. The Hall–Kier alpha value is -1.55. The zero-order valence-electron chi connectivity index (χ0n) is 14.1. The minimum absolute atomic E-state index is 0.0557. The van der Waals surface area contributed by atoms with Crippen LogP contribution in [0.1, 0.15) is 52.6 Å². The van der Waals surface area contributed by atoms with Crippen LogP contribution in [-0.4, -0.2) is 29.4 Å². The topological polar surface area (TPSA) is 58.4 Å². The highest BCUT2D eigenvalue weighted by Crippen LogP contribution is 2.22. The van der Waals surface area contributed by atoms with Gasteiger partial charge in [0.05, 0.1) is 6.04 Å².